The minimum atomic E-state index is 0.348. The number of nitrogens with zero attached hydrogens (tertiary/aromatic N) is 2. The van der Waals surface area contributed by atoms with Crippen molar-refractivity contribution in [3.63, 3.8) is 0 Å². The van der Waals surface area contributed by atoms with Crippen LogP contribution in [-0.2, 0) is 0 Å². The Kier molecular flexibility index (Phi) is 6.55. The van der Waals surface area contributed by atoms with E-state index in [-0.39, 0.29) is 0 Å². The third kappa shape index (κ3) is 4.17. The first kappa shape index (κ1) is 23.8. The van der Waals surface area contributed by atoms with Gasteiger partial charge < -0.3 is 0 Å². The Balaban J connectivity index is 2.23. The zero-order chi connectivity index (χ0) is 24.0. The van der Waals surface area contributed by atoms with E-state index in [0.717, 1.165) is 17.8 Å². The van der Waals surface area contributed by atoms with E-state index in [1.807, 2.05) is 0 Å². The van der Waals surface area contributed by atoms with Crippen LogP contribution in [0.2, 0.25) is 0 Å². The molecule has 1 atom stereocenters. The summed E-state index contributed by atoms with van der Waals surface area (Å²) in [7, 11) is 0. The number of fused-ring (bicyclic) bond motifs is 6. The average Bonchev–Trinajstić information content (AvgIpc) is 3.19. The smallest absolute Gasteiger partial charge is 0.145 e. The van der Waals surface area contributed by atoms with Crippen molar-refractivity contribution < 1.29 is 0 Å². The summed E-state index contributed by atoms with van der Waals surface area (Å²) in [6, 6.07) is 13.3. The highest BCUT2D eigenvalue weighted by molar-refractivity contribution is 9.09. The van der Waals surface area contributed by atoms with E-state index >= 15 is 0 Å². The van der Waals surface area contributed by atoms with Gasteiger partial charge in [-0.05, 0) is 66.3 Å². The SMILES string of the molecule is C=C(/C(=C(\CC(C)Br)C(C)C)c1cnc2c3ccccc3c3cc(C)c(C)cc3n12)C(C)C. The van der Waals surface area contributed by atoms with E-state index in [4.69, 9.17) is 4.98 Å². The molecule has 0 spiro atoms. The molecule has 4 aromatic rings. The molecule has 0 aliphatic carbocycles. The van der Waals surface area contributed by atoms with Crippen LogP contribution in [0.25, 0.3) is 32.9 Å². The van der Waals surface area contributed by atoms with Crippen LogP contribution >= 0.6 is 15.9 Å². The summed E-state index contributed by atoms with van der Waals surface area (Å²) in [5.74, 6) is 0.761. The predicted molar refractivity (Wildman–Crippen MR) is 148 cm³/mol. The van der Waals surface area contributed by atoms with Crippen molar-refractivity contribution in [3.8, 4) is 0 Å². The number of alkyl halides is 1. The van der Waals surface area contributed by atoms with Crippen molar-refractivity contribution in [2.24, 2.45) is 11.8 Å². The van der Waals surface area contributed by atoms with Gasteiger partial charge in [-0.3, -0.25) is 4.40 Å². The van der Waals surface area contributed by atoms with Gasteiger partial charge in [0.25, 0.3) is 0 Å². The fraction of sp³-hybridized carbons (Fsp3) is 0.367. The third-order valence-corrected chi connectivity index (χ3v) is 7.19. The Bertz CT molecular complexity index is 1400. The summed E-state index contributed by atoms with van der Waals surface area (Å²) >= 11 is 3.81. The van der Waals surface area contributed by atoms with Gasteiger partial charge in [0.2, 0.25) is 0 Å². The molecule has 0 aliphatic rings. The second-order valence-electron chi connectivity index (χ2n) is 10.0. The molecule has 2 aromatic heterocycles. The lowest BCUT2D eigenvalue weighted by Gasteiger charge is -2.24. The first-order valence-corrected chi connectivity index (χ1v) is 12.9. The Morgan fingerprint density at radius 3 is 2.18 bits per heavy atom. The molecule has 4 rings (SSSR count). The zero-order valence-corrected chi connectivity index (χ0v) is 22.5. The minimum absolute atomic E-state index is 0.348. The van der Waals surface area contributed by atoms with E-state index < -0.39 is 0 Å². The van der Waals surface area contributed by atoms with Crippen molar-refractivity contribution in [1.29, 1.82) is 0 Å². The number of benzene rings is 2. The molecule has 2 heterocycles. The average molecular weight is 504 g/mol. The van der Waals surface area contributed by atoms with E-state index in [0.29, 0.717) is 16.7 Å². The Labute approximate surface area is 206 Å². The monoisotopic (exact) mass is 502 g/mol. The molecular formula is C30H35BrN2. The highest BCUT2D eigenvalue weighted by atomic mass is 79.9. The van der Waals surface area contributed by atoms with E-state index in [1.54, 1.807) is 0 Å². The molecule has 2 nitrogen and oxygen atoms in total. The molecule has 0 amide bonds. The van der Waals surface area contributed by atoms with Crippen LogP contribution < -0.4 is 0 Å². The summed E-state index contributed by atoms with van der Waals surface area (Å²) < 4.78 is 2.38. The largest absolute Gasteiger partial charge is 0.292 e. The molecule has 172 valence electrons. The number of allylic oxidation sites excluding steroid dienone is 3. The van der Waals surface area contributed by atoms with Crippen LogP contribution in [0.3, 0.4) is 0 Å². The van der Waals surface area contributed by atoms with Gasteiger partial charge >= 0.3 is 0 Å². The quantitative estimate of drug-likeness (QED) is 0.146. The van der Waals surface area contributed by atoms with Crippen LogP contribution in [0, 0.1) is 25.7 Å². The van der Waals surface area contributed by atoms with Crippen LogP contribution in [0.15, 0.2) is 60.3 Å². The van der Waals surface area contributed by atoms with Crippen LogP contribution in [0.4, 0.5) is 0 Å². The molecule has 0 saturated carbocycles. The van der Waals surface area contributed by atoms with Gasteiger partial charge in [-0.1, -0.05) is 87.0 Å². The van der Waals surface area contributed by atoms with Crippen molar-refractivity contribution in [2.45, 2.75) is 59.7 Å². The molecule has 1 unspecified atom stereocenters. The summed E-state index contributed by atoms with van der Waals surface area (Å²) in [4.78, 5) is 5.40. The van der Waals surface area contributed by atoms with Gasteiger partial charge in [0, 0.05) is 21.2 Å². The lowest BCUT2D eigenvalue weighted by Crippen LogP contribution is -2.10. The first-order valence-electron chi connectivity index (χ1n) is 12.0. The lowest BCUT2D eigenvalue weighted by molar-refractivity contribution is 0.706. The maximum atomic E-state index is 5.01. The molecule has 0 radical (unpaired) electrons. The summed E-state index contributed by atoms with van der Waals surface area (Å²) in [5, 5.41) is 3.72. The molecule has 2 aromatic carbocycles. The standard InChI is InChI=1S/C30H35BrN2/c1-17(2)22(8)29(25(18(3)4)15-21(7)31)28-16-32-30-24-12-10-9-11-23(24)26-13-19(5)20(6)14-27(26)33(28)30/h9-14,16-18,21H,8,15H2,1-7H3/b29-25-. The number of hydrogen-bond donors (Lipinski definition) is 0. The van der Waals surface area contributed by atoms with E-state index in [9.17, 15) is 0 Å². The Hall–Kier alpha value is -2.39. The fourth-order valence-corrected chi connectivity index (χ4v) is 5.18. The summed E-state index contributed by atoms with van der Waals surface area (Å²) in [6.07, 6.45) is 3.05. The fourth-order valence-electron chi connectivity index (χ4n) is 4.83. The maximum absolute atomic E-state index is 5.01. The van der Waals surface area contributed by atoms with Crippen molar-refractivity contribution in [1.82, 2.24) is 9.38 Å². The molecule has 3 heteroatoms. The second-order valence-corrected chi connectivity index (χ2v) is 11.6. The molecule has 33 heavy (non-hydrogen) atoms. The highest BCUT2D eigenvalue weighted by Crippen LogP contribution is 2.39. The molecule has 0 saturated heterocycles. The van der Waals surface area contributed by atoms with Crippen LogP contribution in [-0.4, -0.2) is 14.2 Å². The number of pyridine rings is 1. The Morgan fingerprint density at radius 1 is 0.939 bits per heavy atom. The third-order valence-electron chi connectivity index (χ3n) is 6.87. The molecule has 0 aliphatic heterocycles. The van der Waals surface area contributed by atoms with Gasteiger partial charge in [0.05, 0.1) is 17.4 Å². The van der Waals surface area contributed by atoms with Crippen LogP contribution in [0.5, 0.6) is 0 Å². The number of rotatable bonds is 6. The minimum Gasteiger partial charge on any atom is -0.292 e. The second kappa shape index (κ2) is 9.10. The van der Waals surface area contributed by atoms with Gasteiger partial charge in [-0.15, -0.1) is 0 Å². The number of hydrogen-bond acceptors (Lipinski definition) is 1. The highest BCUT2D eigenvalue weighted by Gasteiger charge is 2.23. The lowest BCUT2D eigenvalue weighted by atomic mass is 9.84. The predicted octanol–water partition coefficient (Wildman–Crippen LogP) is 9.05. The number of aryl methyl sites for hydroxylation is 2. The number of aromatic nitrogens is 2. The summed E-state index contributed by atoms with van der Waals surface area (Å²) in [5.41, 5.74) is 9.87. The molecule has 0 bridgehead atoms. The van der Waals surface area contributed by atoms with Gasteiger partial charge in [0.15, 0.2) is 0 Å². The number of imidazole rings is 1. The van der Waals surface area contributed by atoms with Gasteiger partial charge in [-0.2, -0.15) is 0 Å². The summed E-state index contributed by atoms with van der Waals surface area (Å²) in [6.45, 7) is 20.3. The zero-order valence-electron chi connectivity index (χ0n) is 21.0. The number of halogens is 1. The molecule has 0 N–H and O–H groups in total. The van der Waals surface area contributed by atoms with Crippen LogP contribution in [0.1, 0.15) is 57.9 Å². The maximum Gasteiger partial charge on any atom is 0.145 e. The van der Waals surface area contributed by atoms with Crippen molar-refractivity contribution in [3.05, 3.63) is 77.1 Å². The molecule has 0 fully saturated rings. The topological polar surface area (TPSA) is 17.3 Å². The van der Waals surface area contributed by atoms with Gasteiger partial charge in [-0.25, -0.2) is 4.98 Å². The first-order chi connectivity index (χ1) is 15.6. The molecular weight excluding hydrogens is 468 g/mol. The van der Waals surface area contributed by atoms with Crippen molar-refractivity contribution >= 4 is 48.8 Å². The van der Waals surface area contributed by atoms with Crippen molar-refractivity contribution in [2.75, 3.05) is 0 Å². The Morgan fingerprint density at radius 2 is 1.58 bits per heavy atom. The van der Waals surface area contributed by atoms with E-state index in [2.05, 4.69) is 118 Å². The van der Waals surface area contributed by atoms with Gasteiger partial charge in [0.1, 0.15) is 5.65 Å². The van der Waals surface area contributed by atoms with E-state index in [1.165, 1.54) is 49.5 Å². The normalized spacial score (nSPS) is 14.0.